The molecule has 1 heterocycles. The number of benzene rings is 1. The minimum atomic E-state index is -0.349. The zero-order chi connectivity index (χ0) is 12.1. The van der Waals surface area contributed by atoms with E-state index in [0.29, 0.717) is 0 Å². The SMILES string of the molecule is COc1ccccc1NC(C#N)c1ccsc1. The van der Waals surface area contributed by atoms with Crippen molar-refractivity contribution in [2.75, 3.05) is 12.4 Å². The summed E-state index contributed by atoms with van der Waals surface area (Å²) in [5, 5.41) is 16.3. The Kier molecular flexibility index (Phi) is 3.63. The van der Waals surface area contributed by atoms with Crippen molar-refractivity contribution in [3.63, 3.8) is 0 Å². The first-order valence-electron chi connectivity index (χ1n) is 5.16. The van der Waals surface area contributed by atoms with E-state index in [1.54, 1.807) is 18.4 Å². The molecule has 3 nitrogen and oxygen atoms in total. The van der Waals surface area contributed by atoms with Crippen LogP contribution in [0.25, 0.3) is 0 Å². The van der Waals surface area contributed by atoms with Crippen LogP contribution in [-0.4, -0.2) is 7.11 Å². The van der Waals surface area contributed by atoms with E-state index in [1.165, 1.54) is 0 Å². The summed E-state index contributed by atoms with van der Waals surface area (Å²) in [7, 11) is 1.62. The summed E-state index contributed by atoms with van der Waals surface area (Å²) in [5.74, 6) is 0.739. The molecule has 2 aromatic rings. The molecule has 1 N–H and O–H groups in total. The molecule has 86 valence electrons. The average Bonchev–Trinajstić information content (AvgIpc) is 2.90. The van der Waals surface area contributed by atoms with Gasteiger partial charge in [0, 0.05) is 0 Å². The van der Waals surface area contributed by atoms with Crippen LogP contribution >= 0.6 is 11.3 Å². The number of hydrogen-bond acceptors (Lipinski definition) is 4. The summed E-state index contributed by atoms with van der Waals surface area (Å²) < 4.78 is 5.24. The van der Waals surface area contributed by atoms with Crippen LogP contribution in [0.1, 0.15) is 11.6 Å². The van der Waals surface area contributed by atoms with Gasteiger partial charge in [0.1, 0.15) is 11.8 Å². The number of nitrogens with zero attached hydrogens (tertiary/aromatic N) is 1. The maximum absolute atomic E-state index is 9.17. The van der Waals surface area contributed by atoms with E-state index >= 15 is 0 Å². The minimum Gasteiger partial charge on any atom is -0.495 e. The van der Waals surface area contributed by atoms with Gasteiger partial charge in [0.25, 0.3) is 0 Å². The van der Waals surface area contributed by atoms with Crippen molar-refractivity contribution in [3.05, 3.63) is 46.7 Å². The summed E-state index contributed by atoms with van der Waals surface area (Å²) in [5.41, 5.74) is 1.80. The fraction of sp³-hybridized carbons (Fsp3) is 0.154. The molecule has 0 saturated heterocycles. The maximum atomic E-state index is 9.17. The lowest BCUT2D eigenvalue weighted by Crippen LogP contribution is -2.08. The molecule has 0 aliphatic heterocycles. The van der Waals surface area contributed by atoms with Crippen LogP contribution in [-0.2, 0) is 0 Å². The predicted molar refractivity (Wildman–Crippen MR) is 69.3 cm³/mol. The molecule has 4 heteroatoms. The highest BCUT2D eigenvalue weighted by atomic mass is 32.1. The molecule has 0 fully saturated rings. The van der Waals surface area contributed by atoms with Crippen LogP contribution in [0, 0.1) is 11.3 Å². The Morgan fingerprint density at radius 3 is 2.82 bits per heavy atom. The Morgan fingerprint density at radius 1 is 1.35 bits per heavy atom. The van der Waals surface area contributed by atoms with Gasteiger partial charge in [0.2, 0.25) is 0 Å². The van der Waals surface area contributed by atoms with Gasteiger partial charge in [-0.25, -0.2) is 0 Å². The highest BCUT2D eigenvalue weighted by Gasteiger charge is 2.12. The van der Waals surface area contributed by atoms with Crippen molar-refractivity contribution >= 4 is 17.0 Å². The Morgan fingerprint density at radius 2 is 2.18 bits per heavy atom. The van der Waals surface area contributed by atoms with Crippen molar-refractivity contribution in [3.8, 4) is 11.8 Å². The third-order valence-corrected chi connectivity index (χ3v) is 3.11. The number of para-hydroxylation sites is 2. The van der Waals surface area contributed by atoms with E-state index in [1.807, 2.05) is 41.1 Å². The summed E-state index contributed by atoms with van der Waals surface area (Å²) in [6.07, 6.45) is 0. The number of ether oxygens (including phenoxy) is 1. The Balaban J connectivity index is 2.22. The Bertz CT molecular complexity index is 516. The monoisotopic (exact) mass is 244 g/mol. The van der Waals surface area contributed by atoms with Crippen LogP contribution in [0.4, 0.5) is 5.69 Å². The van der Waals surface area contributed by atoms with Crippen molar-refractivity contribution in [2.45, 2.75) is 6.04 Å². The average molecular weight is 244 g/mol. The molecule has 0 aliphatic carbocycles. The van der Waals surface area contributed by atoms with Crippen molar-refractivity contribution < 1.29 is 4.74 Å². The van der Waals surface area contributed by atoms with E-state index in [-0.39, 0.29) is 6.04 Å². The molecule has 0 saturated carbocycles. The number of methoxy groups -OCH3 is 1. The number of anilines is 1. The van der Waals surface area contributed by atoms with Crippen molar-refractivity contribution in [2.24, 2.45) is 0 Å². The van der Waals surface area contributed by atoms with Gasteiger partial charge in [0.05, 0.1) is 18.9 Å². The highest BCUT2D eigenvalue weighted by Crippen LogP contribution is 2.28. The lowest BCUT2D eigenvalue weighted by atomic mass is 10.1. The molecular formula is C13H12N2OS. The summed E-state index contributed by atoms with van der Waals surface area (Å²) in [6, 6.07) is 11.4. The van der Waals surface area contributed by atoms with Crippen LogP contribution in [0.2, 0.25) is 0 Å². The smallest absolute Gasteiger partial charge is 0.141 e. The lowest BCUT2D eigenvalue weighted by Gasteiger charge is -2.14. The van der Waals surface area contributed by atoms with E-state index < -0.39 is 0 Å². The molecule has 17 heavy (non-hydrogen) atoms. The molecular weight excluding hydrogens is 232 g/mol. The third kappa shape index (κ3) is 2.58. The van der Waals surface area contributed by atoms with Gasteiger partial charge in [-0.2, -0.15) is 16.6 Å². The van der Waals surface area contributed by atoms with Gasteiger partial charge in [-0.15, -0.1) is 0 Å². The predicted octanol–water partition coefficient (Wildman–Crippen LogP) is 3.43. The first-order chi connectivity index (χ1) is 8.35. The van der Waals surface area contributed by atoms with Gasteiger partial charge < -0.3 is 10.1 Å². The number of nitrogens with one attached hydrogen (secondary N) is 1. The molecule has 2 rings (SSSR count). The molecule has 1 atom stereocenters. The number of nitriles is 1. The van der Waals surface area contributed by atoms with Gasteiger partial charge in [-0.3, -0.25) is 0 Å². The topological polar surface area (TPSA) is 45.0 Å². The van der Waals surface area contributed by atoms with E-state index in [0.717, 1.165) is 17.0 Å². The van der Waals surface area contributed by atoms with Crippen molar-refractivity contribution in [1.82, 2.24) is 0 Å². The van der Waals surface area contributed by atoms with Crippen LogP contribution < -0.4 is 10.1 Å². The minimum absolute atomic E-state index is 0.349. The van der Waals surface area contributed by atoms with Crippen LogP contribution in [0.5, 0.6) is 5.75 Å². The molecule has 1 aromatic carbocycles. The lowest BCUT2D eigenvalue weighted by molar-refractivity contribution is 0.416. The Hall–Kier alpha value is -1.99. The molecule has 1 unspecified atom stereocenters. The summed E-state index contributed by atoms with van der Waals surface area (Å²) in [4.78, 5) is 0. The van der Waals surface area contributed by atoms with E-state index in [2.05, 4.69) is 11.4 Å². The number of thiophene rings is 1. The molecule has 0 bridgehead atoms. The largest absolute Gasteiger partial charge is 0.495 e. The third-order valence-electron chi connectivity index (χ3n) is 2.41. The number of hydrogen-bond donors (Lipinski definition) is 1. The summed E-state index contributed by atoms with van der Waals surface area (Å²) >= 11 is 1.58. The number of rotatable bonds is 4. The highest BCUT2D eigenvalue weighted by molar-refractivity contribution is 7.08. The quantitative estimate of drug-likeness (QED) is 0.896. The first kappa shape index (κ1) is 11.5. The van der Waals surface area contributed by atoms with Gasteiger partial charge in [-0.1, -0.05) is 12.1 Å². The second-order valence-corrected chi connectivity index (χ2v) is 4.24. The van der Waals surface area contributed by atoms with E-state index in [9.17, 15) is 5.26 Å². The zero-order valence-corrected chi connectivity index (χ0v) is 10.2. The molecule has 0 spiro atoms. The van der Waals surface area contributed by atoms with Crippen molar-refractivity contribution in [1.29, 1.82) is 5.26 Å². The molecule has 1 aromatic heterocycles. The molecule has 0 aliphatic rings. The maximum Gasteiger partial charge on any atom is 0.141 e. The molecule has 0 amide bonds. The Labute approximate surface area is 104 Å². The van der Waals surface area contributed by atoms with Gasteiger partial charge >= 0.3 is 0 Å². The second-order valence-electron chi connectivity index (χ2n) is 3.46. The fourth-order valence-electron chi connectivity index (χ4n) is 1.55. The van der Waals surface area contributed by atoms with E-state index in [4.69, 9.17) is 4.74 Å². The van der Waals surface area contributed by atoms with Crippen LogP contribution in [0.3, 0.4) is 0 Å². The first-order valence-corrected chi connectivity index (χ1v) is 6.10. The standard InChI is InChI=1S/C13H12N2OS/c1-16-13-5-3-2-4-11(13)15-12(8-14)10-6-7-17-9-10/h2-7,9,12,15H,1H3. The normalized spacial score (nSPS) is 11.5. The molecule has 0 radical (unpaired) electrons. The zero-order valence-electron chi connectivity index (χ0n) is 9.38. The van der Waals surface area contributed by atoms with Crippen LogP contribution in [0.15, 0.2) is 41.1 Å². The van der Waals surface area contributed by atoms with Gasteiger partial charge in [-0.05, 0) is 34.5 Å². The van der Waals surface area contributed by atoms with Gasteiger partial charge in [0.15, 0.2) is 0 Å². The second kappa shape index (κ2) is 5.37. The fourth-order valence-corrected chi connectivity index (χ4v) is 2.23. The summed E-state index contributed by atoms with van der Waals surface area (Å²) in [6.45, 7) is 0.